The van der Waals surface area contributed by atoms with Gasteiger partial charge in [0.05, 0.1) is 0 Å². The van der Waals surface area contributed by atoms with Crippen molar-refractivity contribution in [3.8, 4) is 0 Å². The summed E-state index contributed by atoms with van der Waals surface area (Å²) < 4.78 is 5.50. The fourth-order valence-corrected chi connectivity index (χ4v) is 1.28. The maximum absolute atomic E-state index is 10.5. The lowest BCUT2D eigenvalue weighted by atomic mass is 10.2. The molecule has 3 heteroatoms. The Kier molecular flexibility index (Phi) is 2.08. The van der Waals surface area contributed by atoms with Gasteiger partial charge in [0.25, 0.3) is 0 Å². The van der Waals surface area contributed by atoms with E-state index >= 15 is 0 Å². The van der Waals surface area contributed by atoms with Gasteiger partial charge in [-0.3, -0.25) is 4.79 Å². The van der Waals surface area contributed by atoms with Crippen LogP contribution >= 0.6 is 0 Å². The summed E-state index contributed by atoms with van der Waals surface area (Å²) in [6.45, 7) is 4.04. The number of aromatic nitrogens is 1. The molecule has 0 aliphatic carbocycles. The normalized spacial score (nSPS) is 11.1. The van der Waals surface area contributed by atoms with E-state index in [0.29, 0.717) is 17.0 Å². The highest BCUT2D eigenvalue weighted by Crippen LogP contribution is 2.21. The Morgan fingerprint density at radius 2 is 2.21 bits per heavy atom. The van der Waals surface area contributed by atoms with E-state index in [4.69, 9.17) is 4.42 Å². The van der Waals surface area contributed by atoms with Gasteiger partial charge in [0.15, 0.2) is 11.5 Å². The van der Waals surface area contributed by atoms with Gasteiger partial charge < -0.3 is 4.42 Å². The molecule has 0 bridgehead atoms. The van der Waals surface area contributed by atoms with E-state index in [1.54, 1.807) is 18.2 Å². The predicted octanol–water partition coefficient (Wildman–Crippen LogP) is 2.76. The molecule has 0 aliphatic rings. The Hall–Kier alpha value is -1.64. The number of carbonyl (C=O) groups excluding carboxylic acids is 1. The van der Waals surface area contributed by atoms with Crippen LogP contribution < -0.4 is 0 Å². The summed E-state index contributed by atoms with van der Waals surface area (Å²) in [6, 6.07) is 5.25. The SMILES string of the molecule is CC(C)c1nc2ccc(C=O)cc2o1. The van der Waals surface area contributed by atoms with Crippen LogP contribution in [0.2, 0.25) is 0 Å². The third-order valence-electron chi connectivity index (χ3n) is 2.06. The van der Waals surface area contributed by atoms with Crippen molar-refractivity contribution in [2.45, 2.75) is 19.8 Å². The van der Waals surface area contributed by atoms with Crippen molar-refractivity contribution in [3.63, 3.8) is 0 Å². The van der Waals surface area contributed by atoms with Crippen molar-refractivity contribution >= 4 is 17.4 Å². The van der Waals surface area contributed by atoms with E-state index in [1.165, 1.54) is 0 Å². The Balaban J connectivity index is 2.59. The Bertz CT molecular complexity index is 471. The maximum Gasteiger partial charge on any atom is 0.198 e. The number of carbonyl (C=O) groups is 1. The van der Waals surface area contributed by atoms with Gasteiger partial charge in [0.1, 0.15) is 11.8 Å². The van der Waals surface area contributed by atoms with Crippen molar-refractivity contribution in [2.24, 2.45) is 0 Å². The molecule has 1 heterocycles. The number of aldehydes is 1. The van der Waals surface area contributed by atoms with Gasteiger partial charge in [-0.1, -0.05) is 13.8 Å². The summed E-state index contributed by atoms with van der Waals surface area (Å²) in [6.07, 6.45) is 0.803. The van der Waals surface area contributed by atoms with E-state index in [0.717, 1.165) is 11.8 Å². The van der Waals surface area contributed by atoms with E-state index in [1.807, 2.05) is 13.8 Å². The van der Waals surface area contributed by atoms with Gasteiger partial charge in [0, 0.05) is 11.5 Å². The summed E-state index contributed by atoms with van der Waals surface area (Å²) in [5.41, 5.74) is 2.10. The first-order valence-electron chi connectivity index (χ1n) is 4.56. The third kappa shape index (κ3) is 1.41. The van der Waals surface area contributed by atoms with Gasteiger partial charge in [-0.05, 0) is 18.2 Å². The Morgan fingerprint density at radius 1 is 1.43 bits per heavy atom. The lowest BCUT2D eigenvalue weighted by molar-refractivity contribution is 0.112. The Labute approximate surface area is 81.7 Å². The molecule has 0 N–H and O–H groups in total. The smallest absolute Gasteiger partial charge is 0.198 e. The molecule has 72 valence electrons. The number of nitrogens with zero attached hydrogens (tertiary/aromatic N) is 1. The number of rotatable bonds is 2. The van der Waals surface area contributed by atoms with E-state index in [9.17, 15) is 4.79 Å². The summed E-state index contributed by atoms with van der Waals surface area (Å²) in [5.74, 6) is 0.977. The van der Waals surface area contributed by atoms with Gasteiger partial charge in [-0.2, -0.15) is 0 Å². The van der Waals surface area contributed by atoms with Crippen LogP contribution in [0.3, 0.4) is 0 Å². The van der Waals surface area contributed by atoms with E-state index < -0.39 is 0 Å². The molecule has 0 amide bonds. The molecule has 2 aromatic rings. The zero-order chi connectivity index (χ0) is 10.1. The van der Waals surface area contributed by atoms with Crippen LogP contribution in [0.4, 0.5) is 0 Å². The number of benzene rings is 1. The van der Waals surface area contributed by atoms with Crippen molar-refractivity contribution in [1.82, 2.24) is 4.98 Å². The fourth-order valence-electron chi connectivity index (χ4n) is 1.28. The second-order valence-corrected chi connectivity index (χ2v) is 3.55. The highest BCUT2D eigenvalue weighted by Gasteiger charge is 2.08. The van der Waals surface area contributed by atoms with Crippen molar-refractivity contribution in [1.29, 1.82) is 0 Å². The lowest BCUT2D eigenvalue weighted by Gasteiger charge is -1.93. The first kappa shape index (κ1) is 8.94. The van der Waals surface area contributed by atoms with E-state index in [-0.39, 0.29) is 5.92 Å². The molecule has 1 aromatic carbocycles. The molecule has 0 atom stereocenters. The molecule has 0 radical (unpaired) electrons. The summed E-state index contributed by atoms with van der Waals surface area (Å²) in [7, 11) is 0. The second kappa shape index (κ2) is 3.25. The number of hydrogen-bond acceptors (Lipinski definition) is 3. The molecule has 1 aromatic heterocycles. The summed E-state index contributed by atoms with van der Waals surface area (Å²) in [5, 5.41) is 0. The minimum Gasteiger partial charge on any atom is -0.440 e. The highest BCUT2D eigenvalue weighted by atomic mass is 16.3. The average molecular weight is 189 g/mol. The molecular weight excluding hydrogens is 178 g/mol. The van der Waals surface area contributed by atoms with Crippen LogP contribution in [0, 0.1) is 0 Å². The molecule has 2 rings (SSSR count). The minimum absolute atomic E-state index is 0.266. The van der Waals surface area contributed by atoms with Gasteiger partial charge in [-0.25, -0.2) is 4.98 Å². The molecule has 0 saturated carbocycles. The second-order valence-electron chi connectivity index (χ2n) is 3.55. The first-order chi connectivity index (χ1) is 6.70. The topological polar surface area (TPSA) is 43.1 Å². The van der Waals surface area contributed by atoms with Gasteiger partial charge in [0.2, 0.25) is 0 Å². The molecule has 0 aliphatic heterocycles. The van der Waals surface area contributed by atoms with Crippen molar-refractivity contribution in [3.05, 3.63) is 29.7 Å². The quantitative estimate of drug-likeness (QED) is 0.682. The number of oxazole rings is 1. The van der Waals surface area contributed by atoms with Crippen molar-refractivity contribution in [2.75, 3.05) is 0 Å². The molecule has 14 heavy (non-hydrogen) atoms. The minimum atomic E-state index is 0.266. The monoisotopic (exact) mass is 189 g/mol. The van der Waals surface area contributed by atoms with Crippen LogP contribution in [0.15, 0.2) is 22.6 Å². The zero-order valence-electron chi connectivity index (χ0n) is 8.15. The molecule has 0 fully saturated rings. The molecule has 0 unspecified atom stereocenters. The lowest BCUT2D eigenvalue weighted by Crippen LogP contribution is -1.84. The third-order valence-corrected chi connectivity index (χ3v) is 2.06. The fraction of sp³-hybridized carbons (Fsp3) is 0.273. The van der Waals surface area contributed by atoms with Crippen LogP contribution in [-0.4, -0.2) is 11.3 Å². The van der Waals surface area contributed by atoms with Gasteiger partial charge >= 0.3 is 0 Å². The molecule has 0 saturated heterocycles. The largest absolute Gasteiger partial charge is 0.440 e. The number of fused-ring (bicyclic) bond motifs is 1. The summed E-state index contributed by atoms with van der Waals surface area (Å²) >= 11 is 0. The predicted molar refractivity (Wildman–Crippen MR) is 53.5 cm³/mol. The van der Waals surface area contributed by atoms with Crippen LogP contribution in [0.1, 0.15) is 36.0 Å². The molecule has 3 nitrogen and oxygen atoms in total. The van der Waals surface area contributed by atoms with Crippen molar-refractivity contribution < 1.29 is 9.21 Å². The molecular formula is C11H11NO2. The maximum atomic E-state index is 10.5. The summed E-state index contributed by atoms with van der Waals surface area (Å²) in [4.78, 5) is 14.8. The van der Waals surface area contributed by atoms with E-state index in [2.05, 4.69) is 4.98 Å². The van der Waals surface area contributed by atoms with Gasteiger partial charge in [-0.15, -0.1) is 0 Å². The standard InChI is InChI=1S/C11H11NO2/c1-7(2)11-12-9-4-3-8(6-13)5-10(9)14-11/h3-7H,1-2H3. The van der Waals surface area contributed by atoms with Crippen LogP contribution in [-0.2, 0) is 0 Å². The highest BCUT2D eigenvalue weighted by molar-refractivity contribution is 5.83. The van der Waals surface area contributed by atoms with Crippen LogP contribution in [0.5, 0.6) is 0 Å². The Morgan fingerprint density at radius 3 is 2.86 bits per heavy atom. The van der Waals surface area contributed by atoms with Crippen LogP contribution in [0.25, 0.3) is 11.1 Å². The average Bonchev–Trinajstić information content (AvgIpc) is 2.59. The number of hydrogen-bond donors (Lipinski definition) is 0. The first-order valence-corrected chi connectivity index (χ1v) is 4.56. The zero-order valence-corrected chi connectivity index (χ0v) is 8.15. The molecule has 0 spiro atoms.